The molecule has 124 valence electrons. The van der Waals surface area contributed by atoms with Crippen LogP contribution in [0.5, 0.6) is 0 Å². The third-order valence-electron chi connectivity index (χ3n) is 4.23. The first-order valence-electron chi connectivity index (χ1n) is 8.04. The summed E-state index contributed by atoms with van der Waals surface area (Å²) >= 11 is 14.2. The largest absolute Gasteiger partial charge is 0.370 e. The fourth-order valence-electron chi connectivity index (χ4n) is 3.14. The second kappa shape index (κ2) is 6.79. The standard InChI is InChI=1S/C18H17Cl2N3S/c19-12-8-13(20)10-14(9-12)23-18-16(5-1-2-6-21-18)17(22-23)11-15-4-3-7-24-15/h3-4,7-10,21H,1-2,5-6,11H2. The molecule has 3 heterocycles. The summed E-state index contributed by atoms with van der Waals surface area (Å²) in [7, 11) is 0. The number of hydrogen-bond acceptors (Lipinski definition) is 3. The molecule has 0 amide bonds. The van der Waals surface area contributed by atoms with Gasteiger partial charge in [0.15, 0.2) is 0 Å². The Morgan fingerprint density at radius 1 is 1.17 bits per heavy atom. The van der Waals surface area contributed by atoms with Gasteiger partial charge in [0.2, 0.25) is 0 Å². The van der Waals surface area contributed by atoms with Gasteiger partial charge in [0.1, 0.15) is 5.82 Å². The Hall–Kier alpha value is -1.49. The summed E-state index contributed by atoms with van der Waals surface area (Å²) in [6, 6.07) is 9.81. The molecule has 1 N–H and O–H groups in total. The van der Waals surface area contributed by atoms with Crippen molar-refractivity contribution in [1.29, 1.82) is 0 Å². The zero-order valence-corrected chi connectivity index (χ0v) is 15.4. The number of aromatic nitrogens is 2. The Morgan fingerprint density at radius 2 is 2.00 bits per heavy atom. The quantitative estimate of drug-likeness (QED) is 0.645. The highest BCUT2D eigenvalue weighted by molar-refractivity contribution is 7.09. The number of nitrogens with zero attached hydrogens (tertiary/aromatic N) is 2. The van der Waals surface area contributed by atoms with Crippen LogP contribution in [0.2, 0.25) is 10.0 Å². The van der Waals surface area contributed by atoms with Crippen molar-refractivity contribution in [2.45, 2.75) is 25.7 Å². The Morgan fingerprint density at radius 3 is 2.75 bits per heavy atom. The molecule has 0 bridgehead atoms. The number of fused-ring (bicyclic) bond motifs is 1. The average molecular weight is 378 g/mol. The van der Waals surface area contributed by atoms with Gasteiger partial charge in [0.05, 0.1) is 11.4 Å². The molecule has 1 aromatic carbocycles. The van der Waals surface area contributed by atoms with Crippen LogP contribution in [-0.4, -0.2) is 16.3 Å². The lowest BCUT2D eigenvalue weighted by Crippen LogP contribution is -2.07. The summed E-state index contributed by atoms with van der Waals surface area (Å²) < 4.78 is 1.96. The van der Waals surface area contributed by atoms with Gasteiger partial charge in [-0.15, -0.1) is 11.3 Å². The van der Waals surface area contributed by atoms with Gasteiger partial charge < -0.3 is 5.32 Å². The molecule has 0 saturated heterocycles. The van der Waals surface area contributed by atoms with Crippen molar-refractivity contribution in [2.75, 3.05) is 11.9 Å². The molecule has 0 atom stereocenters. The van der Waals surface area contributed by atoms with E-state index in [-0.39, 0.29) is 0 Å². The van der Waals surface area contributed by atoms with Crippen LogP contribution >= 0.6 is 34.5 Å². The van der Waals surface area contributed by atoms with Crippen molar-refractivity contribution in [2.24, 2.45) is 0 Å². The molecule has 0 radical (unpaired) electrons. The minimum atomic E-state index is 0.621. The lowest BCUT2D eigenvalue weighted by molar-refractivity contribution is 0.768. The minimum Gasteiger partial charge on any atom is -0.370 e. The third kappa shape index (κ3) is 3.18. The fourth-order valence-corrected chi connectivity index (χ4v) is 4.37. The zero-order valence-electron chi connectivity index (χ0n) is 13.1. The van der Waals surface area contributed by atoms with E-state index in [0.717, 1.165) is 36.6 Å². The molecule has 24 heavy (non-hydrogen) atoms. The van der Waals surface area contributed by atoms with Crippen molar-refractivity contribution in [3.05, 3.63) is 61.9 Å². The van der Waals surface area contributed by atoms with Crippen molar-refractivity contribution in [3.63, 3.8) is 0 Å². The van der Waals surface area contributed by atoms with E-state index < -0.39 is 0 Å². The molecule has 2 aromatic heterocycles. The second-order valence-corrected chi connectivity index (χ2v) is 7.86. The van der Waals surface area contributed by atoms with Crippen LogP contribution in [-0.2, 0) is 12.8 Å². The van der Waals surface area contributed by atoms with Crippen LogP contribution in [0.25, 0.3) is 5.69 Å². The Kier molecular flexibility index (Phi) is 4.53. The monoisotopic (exact) mass is 377 g/mol. The minimum absolute atomic E-state index is 0.621. The number of thiophene rings is 1. The van der Waals surface area contributed by atoms with Crippen molar-refractivity contribution < 1.29 is 0 Å². The normalized spacial score (nSPS) is 14.1. The molecule has 6 heteroatoms. The molecule has 3 nitrogen and oxygen atoms in total. The number of rotatable bonds is 3. The lowest BCUT2D eigenvalue weighted by atomic mass is 10.1. The lowest BCUT2D eigenvalue weighted by Gasteiger charge is -2.10. The van der Waals surface area contributed by atoms with Crippen LogP contribution < -0.4 is 5.32 Å². The van der Waals surface area contributed by atoms with Gasteiger partial charge in [0, 0.05) is 33.5 Å². The molecule has 1 aliphatic heterocycles. The molecule has 0 aliphatic carbocycles. The van der Waals surface area contributed by atoms with Crippen LogP contribution in [0, 0.1) is 0 Å². The van der Waals surface area contributed by atoms with Crippen LogP contribution in [0.15, 0.2) is 35.7 Å². The van der Waals surface area contributed by atoms with Crippen LogP contribution in [0.3, 0.4) is 0 Å². The smallest absolute Gasteiger partial charge is 0.133 e. The molecule has 0 spiro atoms. The van der Waals surface area contributed by atoms with Gasteiger partial charge >= 0.3 is 0 Å². The third-order valence-corrected chi connectivity index (χ3v) is 5.54. The van der Waals surface area contributed by atoms with Gasteiger partial charge in [0.25, 0.3) is 0 Å². The maximum absolute atomic E-state index is 6.19. The highest BCUT2D eigenvalue weighted by Gasteiger charge is 2.21. The van der Waals surface area contributed by atoms with E-state index in [9.17, 15) is 0 Å². The Balaban J connectivity index is 1.82. The molecule has 1 aliphatic rings. The van der Waals surface area contributed by atoms with E-state index in [1.54, 1.807) is 17.4 Å². The van der Waals surface area contributed by atoms with Crippen molar-refractivity contribution in [1.82, 2.24) is 9.78 Å². The summed E-state index contributed by atoms with van der Waals surface area (Å²) in [5.74, 6) is 1.08. The molecule has 4 rings (SSSR count). The molecular formula is C18H17Cl2N3S. The SMILES string of the molecule is Clc1cc(Cl)cc(-n2nc(Cc3cccs3)c3c2NCCCC3)c1. The highest BCUT2D eigenvalue weighted by Crippen LogP contribution is 2.31. The van der Waals surface area contributed by atoms with Crippen LogP contribution in [0.4, 0.5) is 5.82 Å². The average Bonchev–Trinajstić information content (AvgIpc) is 3.09. The summed E-state index contributed by atoms with van der Waals surface area (Å²) in [4.78, 5) is 1.33. The predicted octanol–water partition coefficient (Wildman–Crippen LogP) is 5.58. The molecular weight excluding hydrogens is 361 g/mol. The summed E-state index contributed by atoms with van der Waals surface area (Å²) in [5, 5.41) is 11.8. The maximum atomic E-state index is 6.19. The number of nitrogens with one attached hydrogen (secondary N) is 1. The molecule has 0 unspecified atom stereocenters. The van der Waals surface area contributed by atoms with E-state index in [0.29, 0.717) is 10.0 Å². The molecule has 0 fully saturated rings. The van der Waals surface area contributed by atoms with Crippen LogP contribution in [0.1, 0.15) is 29.0 Å². The number of benzene rings is 1. The van der Waals surface area contributed by atoms with Gasteiger partial charge in [-0.2, -0.15) is 5.10 Å². The first-order valence-corrected chi connectivity index (χ1v) is 9.68. The van der Waals surface area contributed by atoms with E-state index in [4.69, 9.17) is 28.3 Å². The highest BCUT2D eigenvalue weighted by atomic mass is 35.5. The van der Waals surface area contributed by atoms with Crippen molar-refractivity contribution in [3.8, 4) is 5.69 Å². The van der Waals surface area contributed by atoms with Crippen molar-refractivity contribution >= 4 is 40.4 Å². The summed E-state index contributed by atoms with van der Waals surface area (Å²) in [6.45, 7) is 0.964. The predicted molar refractivity (Wildman–Crippen MR) is 102 cm³/mol. The van der Waals surface area contributed by atoms with E-state index in [1.165, 1.54) is 23.3 Å². The molecule has 3 aromatic rings. The second-order valence-electron chi connectivity index (χ2n) is 5.95. The Bertz CT molecular complexity index is 835. The van der Waals surface area contributed by atoms with Gasteiger partial charge in [-0.3, -0.25) is 0 Å². The fraction of sp³-hybridized carbons (Fsp3) is 0.278. The molecule has 0 saturated carbocycles. The first kappa shape index (κ1) is 16.0. The maximum Gasteiger partial charge on any atom is 0.133 e. The van der Waals surface area contributed by atoms with E-state index >= 15 is 0 Å². The Labute approximate surface area is 155 Å². The van der Waals surface area contributed by atoms with E-state index in [1.807, 2.05) is 16.8 Å². The number of anilines is 1. The number of halogens is 2. The van der Waals surface area contributed by atoms with Gasteiger partial charge in [-0.1, -0.05) is 29.3 Å². The topological polar surface area (TPSA) is 29.9 Å². The summed E-state index contributed by atoms with van der Waals surface area (Å²) in [6.07, 6.45) is 4.27. The van der Waals surface area contributed by atoms with Gasteiger partial charge in [-0.05, 0) is 48.9 Å². The van der Waals surface area contributed by atoms with Gasteiger partial charge in [-0.25, -0.2) is 4.68 Å². The van der Waals surface area contributed by atoms with E-state index in [2.05, 4.69) is 22.8 Å². The zero-order chi connectivity index (χ0) is 16.5. The first-order chi connectivity index (χ1) is 11.7. The summed E-state index contributed by atoms with van der Waals surface area (Å²) in [5.41, 5.74) is 3.35. The number of hydrogen-bond donors (Lipinski definition) is 1.